The summed E-state index contributed by atoms with van der Waals surface area (Å²) in [5, 5.41) is 4.49. The van der Waals surface area contributed by atoms with Gasteiger partial charge in [-0.3, -0.25) is 0 Å². The van der Waals surface area contributed by atoms with Crippen molar-refractivity contribution in [2.45, 2.75) is 12.3 Å². The van der Waals surface area contributed by atoms with E-state index in [0.29, 0.717) is 5.92 Å². The maximum atomic E-state index is 5.72. The molecule has 2 aromatic heterocycles. The first-order valence-corrected chi connectivity index (χ1v) is 5.53. The predicted octanol–water partition coefficient (Wildman–Crippen LogP) is 0.731. The van der Waals surface area contributed by atoms with E-state index in [4.69, 9.17) is 5.73 Å². The average molecular weight is 217 g/mol. The molecule has 84 valence electrons. The Morgan fingerprint density at radius 3 is 3.12 bits per heavy atom. The van der Waals surface area contributed by atoms with Crippen molar-refractivity contribution in [3.05, 3.63) is 24.2 Å². The molecule has 1 aliphatic heterocycles. The molecule has 0 amide bonds. The van der Waals surface area contributed by atoms with E-state index < -0.39 is 0 Å². The highest BCUT2D eigenvalue weighted by atomic mass is 15.3. The van der Waals surface area contributed by atoms with Gasteiger partial charge in [-0.15, -0.1) is 0 Å². The van der Waals surface area contributed by atoms with Crippen LogP contribution < -0.4 is 5.73 Å². The number of hydrogen-bond donors (Lipinski definition) is 1. The van der Waals surface area contributed by atoms with Crippen LogP contribution in [0.25, 0.3) is 5.65 Å². The van der Waals surface area contributed by atoms with Crippen LogP contribution in [0.5, 0.6) is 0 Å². The van der Waals surface area contributed by atoms with E-state index in [-0.39, 0.29) is 0 Å². The van der Waals surface area contributed by atoms with Gasteiger partial charge in [-0.2, -0.15) is 5.10 Å². The van der Waals surface area contributed by atoms with E-state index in [0.717, 1.165) is 36.7 Å². The molecule has 2 aromatic rings. The fourth-order valence-electron chi connectivity index (χ4n) is 2.23. The number of hydrogen-bond acceptors (Lipinski definition) is 4. The van der Waals surface area contributed by atoms with Crippen molar-refractivity contribution in [3.63, 3.8) is 0 Å². The summed E-state index contributed by atoms with van der Waals surface area (Å²) >= 11 is 0. The highest BCUT2D eigenvalue weighted by molar-refractivity contribution is 5.50. The van der Waals surface area contributed by atoms with Gasteiger partial charge < -0.3 is 10.6 Å². The number of nitrogens with zero attached hydrogens (tertiary/aromatic N) is 4. The minimum Gasteiger partial charge on any atom is -0.399 e. The molecular weight excluding hydrogens is 202 g/mol. The summed E-state index contributed by atoms with van der Waals surface area (Å²) in [6.07, 6.45) is 3.00. The minimum absolute atomic E-state index is 0.464. The van der Waals surface area contributed by atoms with Crippen molar-refractivity contribution >= 4 is 11.3 Å². The van der Waals surface area contributed by atoms with Gasteiger partial charge in [0.2, 0.25) is 0 Å². The minimum atomic E-state index is 0.464. The lowest BCUT2D eigenvalue weighted by molar-refractivity contribution is 0.409. The lowest BCUT2D eigenvalue weighted by atomic mass is 10.1. The fourth-order valence-corrected chi connectivity index (χ4v) is 2.23. The van der Waals surface area contributed by atoms with Crippen LogP contribution in [0.1, 0.15) is 18.2 Å². The molecule has 0 saturated carbocycles. The lowest BCUT2D eigenvalue weighted by Crippen LogP contribution is -2.13. The number of rotatable bonds is 1. The van der Waals surface area contributed by atoms with Crippen LogP contribution in [0.4, 0.5) is 5.69 Å². The molecule has 0 radical (unpaired) electrons. The number of nitrogens with two attached hydrogens (primary N) is 1. The zero-order chi connectivity index (χ0) is 11.1. The Hall–Kier alpha value is -1.62. The van der Waals surface area contributed by atoms with E-state index in [1.54, 1.807) is 4.52 Å². The van der Waals surface area contributed by atoms with Crippen molar-refractivity contribution in [1.29, 1.82) is 0 Å². The zero-order valence-corrected chi connectivity index (χ0v) is 9.30. The maximum Gasteiger partial charge on any atom is 0.157 e. The van der Waals surface area contributed by atoms with Crippen LogP contribution in [0, 0.1) is 0 Å². The summed E-state index contributed by atoms with van der Waals surface area (Å²) in [5.41, 5.74) is 7.29. The number of likely N-dealkylation sites (tertiary alicyclic amines) is 1. The smallest absolute Gasteiger partial charge is 0.157 e. The Kier molecular flexibility index (Phi) is 2.07. The van der Waals surface area contributed by atoms with Gasteiger partial charge in [0.15, 0.2) is 11.5 Å². The van der Waals surface area contributed by atoms with Crippen LogP contribution in [-0.4, -0.2) is 39.6 Å². The van der Waals surface area contributed by atoms with E-state index >= 15 is 0 Å². The van der Waals surface area contributed by atoms with Crippen LogP contribution in [0.15, 0.2) is 18.3 Å². The monoisotopic (exact) mass is 217 g/mol. The summed E-state index contributed by atoms with van der Waals surface area (Å²) < 4.78 is 1.80. The van der Waals surface area contributed by atoms with Gasteiger partial charge in [-0.25, -0.2) is 9.50 Å². The second-order valence-electron chi connectivity index (χ2n) is 4.48. The van der Waals surface area contributed by atoms with E-state index in [2.05, 4.69) is 22.0 Å². The molecule has 0 spiro atoms. The molecule has 5 heteroatoms. The van der Waals surface area contributed by atoms with Gasteiger partial charge in [0, 0.05) is 30.4 Å². The second kappa shape index (κ2) is 3.45. The molecule has 1 unspecified atom stereocenters. The molecule has 1 saturated heterocycles. The van der Waals surface area contributed by atoms with Gasteiger partial charge in [0.05, 0.1) is 0 Å². The van der Waals surface area contributed by atoms with E-state index in [1.165, 1.54) is 0 Å². The molecule has 1 fully saturated rings. The third-order valence-electron chi connectivity index (χ3n) is 3.13. The molecule has 1 atom stereocenters. The quantitative estimate of drug-likeness (QED) is 0.765. The van der Waals surface area contributed by atoms with Crippen molar-refractivity contribution in [2.24, 2.45) is 0 Å². The molecular formula is C11H15N5. The van der Waals surface area contributed by atoms with Gasteiger partial charge in [0.1, 0.15) is 0 Å². The van der Waals surface area contributed by atoms with Crippen molar-refractivity contribution in [1.82, 2.24) is 19.5 Å². The number of nitrogen functional groups attached to an aromatic ring is 1. The molecule has 3 rings (SSSR count). The van der Waals surface area contributed by atoms with E-state index in [9.17, 15) is 0 Å². The van der Waals surface area contributed by atoms with E-state index in [1.807, 2.05) is 18.3 Å². The van der Waals surface area contributed by atoms with Crippen LogP contribution in [0.3, 0.4) is 0 Å². The van der Waals surface area contributed by atoms with Crippen LogP contribution in [-0.2, 0) is 0 Å². The van der Waals surface area contributed by atoms with Gasteiger partial charge in [0.25, 0.3) is 0 Å². The largest absolute Gasteiger partial charge is 0.399 e. The van der Waals surface area contributed by atoms with Gasteiger partial charge in [-0.1, -0.05) is 0 Å². The normalized spacial score (nSPS) is 21.9. The summed E-state index contributed by atoms with van der Waals surface area (Å²) in [6.45, 7) is 2.18. The Bertz CT molecular complexity index is 518. The Morgan fingerprint density at radius 1 is 1.50 bits per heavy atom. The first-order valence-electron chi connectivity index (χ1n) is 5.53. The molecule has 0 aromatic carbocycles. The maximum absolute atomic E-state index is 5.72. The van der Waals surface area contributed by atoms with Crippen molar-refractivity contribution in [2.75, 3.05) is 25.9 Å². The topological polar surface area (TPSA) is 59.5 Å². The Morgan fingerprint density at radius 2 is 2.38 bits per heavy atom. The third-order valence-corrected chi connectivity index (χ3v) is 3.13. The predicted molar refractivity (Wildman–Crippen MR) is 62.3 cm³/mol. The summed E-state index contributed by atoms with van der Waals surface area (Å²) in [4.78, 5) is 6.85. The number of likely N-dealkylation sites (N-methyl/N-ethyl adjacent to an activating group) is 1. The van der Waals surface area contributed by atoms with Crippen molar-refractivity contribution < 1.29 is 0 Å². The Labute approximate surface area is 93.9 Å². The number of pyridine rings is 1. The molecule has 16 heavy (non-hydrogen) atoms. The number of fused-ring (bicyclic) bond motifs is 1. The second-order valence-corrected chi connectivity index (χ2v) is 4.48. The first-order chi connectivity index (χ1) is 7.72. The standard InChI is InChI=1S/C11H15N5/c1-15-4-2-8(7-15)11-13-10-6-9(12)3-5-16(10)14-11/h3,5-6,8H,2,4,7,12H2,1H3. The third kappa shape index (κ3) is 1.53. The zero-order valence-electron chi connectivity index (χ0n) is 9.30. The highest BCUT2D eigenvalue weighted by Crippen LogP contribution is 2.24. The van der Waals surface area contributed by atoms with Gasteiger partial charge >= 0.3 is 0 Å². The first kappa shape index (κ1) is 9.59. The van der Waals surface area contributed by atoms with Crippen LogP contribution >= 0.6 is 0 Å². The molecule has 0 aliphatic carbocycles. The highest BCUT2D eigenvalue weighted by Gasteiger charge is 2.24. The molecule has 5 nitrogen and oxygen atoms in total. The van der Waals surface area contributed by atoms with Gasteiger partial charge in [-0.05, 0) is 26.1 Å². The summed E-state index contributed by atoms with van der Waals surface area (Å²) in [7, 11) is 2.13. The summed E-state index contributed by atoms with van der Waals surface area (Å²) in [6, 6.07) is 3.70. The molecule has 2 N–H and O–H groups in total. The molecule has 1 aliphatic rings. The molecule has 3 heterocycles. The Balaban J connectivity index is 1.99. The number of aromatic nitrogens is 3. The lowest BCUT2D eigenvalue weighted by Gasteiger charge is -2.05. The summed E-state index contributed by atoms with van der Waals surface area (Å²) in [5.74, 6) is 1.40. The average Bonchev–Trinajstić information content (AvgIpc) is 2.83. The fraction of sp³-hybridized carbons (Fsp3) is 0.455. The molecule has 0 bridgehead atoms. The number of anilines is 1. The van der Waals surface area contributed by atoms with Crippen molar-refractivity contribution in [3.8, 4) is 0 Å². The van der Waals surface area contributed by atoms with Crippen LogP contribution in [0.2, 0.25) is 0 Å². The SMILES string of the molecule is CN1CCC(c2nc3cc(N)ccn3n2)C1.